The van der Waals surface area contributed by atoms with E-state index < -0.39 is 27.6 Å². The fourth-order valence-electron chi connectivity index (χ4n) is 1.64. The van der Waals surface area contributed by atoms with Crippen molar-refractivity contribution in [3.63, 3.8) is 0 Å². The lowest BCUT2D eigenvalue weighted by atomic mass is 10.2. The van der Waals surface area contributed by atoms with Crippen molar-refractivity contribution in [1.82, 2.24) is 19.1 Å². The molecular formula is C14H17F3N4OS2. The number of rotatable bonds is 4. The zero-order valence-electron chi connectivity index (χ0n) is 13.5. The van der Waals surface area contributed by atoms with Crippen LogP contribution >= 0.6 is 11.5 Å². The minimum atomic E-state index is -4.52. The molecule has 10 heteroatoms. The molecule has 0 aromatic carbocycles. The van der Waals surface area contributed by atoms with Crippen molar-refractivity contribution in [3.8, 4) is 11.4 Å². The molecule has 0 bridgehead atoms. The van der Waals surface area contributed by atoms with Crippen LogP contribution in [0.3, 0.4) is 0 Å². The standard InChI is InChI=1S/C14H17F3N4OS2/c1-8(21-24(22)13(2,3)4)12-19-11(20-23-12)9-5-6-18-10(7-9)14(15,16)17/h5-8,21H,1-4H3/t8-,24+/m0/s1. The van der Waals surface area contributed by atoms with Gasteiger partial charge in [0.05, 0.1) is 21.8 Å². The molecule has 0 saturated heterocycles. The number of nitrogens with one attached hydrogen (secondary N) is 1. The highest BCUT2D eigenvalue weighted by Gasteiger charge is 2.33. The molecule has 0 aliphatic carbocycles. The van der Waals surface area contributed by atoms with Crippen LogP contribution in [-0.4, -0.2) is 23.3 Å². The van der Waals surface area contributed by atoms with E-state index in [1.807, 2.05) is 20.8 Å². The Bertz CT molecular complexity index is 740. The summed E-state index contributed by atoms with van der Waals surface area (Å²) in [6, 6.07) is 2.00. The maximum Gasteiger partial charge on any atom is 0.433 e. The first kappa shape index (κ1) is 18.9. The van der Waals surface area contributed by atoms with Crippen LogP contribution in [0.15, 0.2) is 18.3 Å². The van der Waals surface area contributed by atoms with E-state index in [0.29, 0.717) is 5.01 Å². The molecule has 0 saturated carbocycles. The topological polar surface area (TPSA) is 67.8 Å². The van der Waals surface area contributed by atoms with Gasteiger partial charge in [-0.3, -0.25) is 4.98 Å². The van der Waals surface area contributed by atoms with E-state index in [1.165, 1.54) is 6.07 Å². The molecule has 0 amide bonds. The Balaban J connectivity index is 2.21. The molecule has 0 fully saturated rings. The molecule has 24 heavy (non-hydrogen) atoms. The minimum Gasteiger partial charge on any atom is -0.252 e. The fraction of sp³-hybridized carbons (Fsp3) is 0.500. The summed E-state index contributed by atoms with van der Waals surface area (Å²) in [5.74, 6) is 0.193. The van der Waals surface area contributed by atoms with Crippen LogP contribution in [0.2, 0.25) is 0 Å². The molecule has 1 N–H and O–H groups in total. The van der Waals surface area contributed by atoms with Crippen molar-refractivity contribution in [3.05, 3.63) is 29.0 Å². The molecule has 0 spiro atoms. The van der Waals surface area contributed by atoms with Gasteiger partial charge >= 0.3 is 6.18 Å². The second-order valence-electron chi connectivity index (χ2n) is 6.10. The smallest absolute Gasteiger partial charge is 0.252 e. The first-order chi connectivity index (χ1) is 11.0. The lowest BCUT2D eigenvalue weighted by molar-refractivity contribution is -0.141. The molecule has 2 rings (SSSR count). The van der Waals surface area contributed by atoms with Gasteiger partial charge in [0.1, 0.15) is 10.7 Å². The number of halogens is 3. The highest BCUT2D eigenvalue weighted by molar-refractivity contribution is 7.84. The normalized spacial score (nSPS) is 15.3. The van der Waals surface area contributed by atoms with E-state index in [1.54, 1.807) is 6.92 Å². The summed E-state index contributed by atoms with van der Waals surface area (Å²) in [6.45, 7) is 7.29. The van der Waals surface area contributed by atoms with E-state index in [4.69, 9.17) is 0 Å². The highest BCUT2D eigenvalue weighted by Crippen LogP contribution is 2.30. The highest BCUT2D eigenvalue weighted by atomic mass is 32.2. The summed E-state index contributed by atoms with van der Waals surface area (Å²) in [5, 5.41) is 0.549. The van der Waals surface area contributed by atoms with Crippen molar-refractivity contribution >= 4 is 22.5 Å². The molecule has 2 aromatic rings. The van der Waals surface area contributed by atoms with Crippen LogP contribution in [0.5, 0.6) is 0 Å². The number of alkyl halides is 3. The van der Waals surface area contributed by atoms with Crippen molar-refractivity contribution in [2.24, 2.45) is 0 Å². The third-order valence-corrected chi connectivity index (χ3v) is 5.54. The summed E-state index contributed by atoms with van der Waals surface area (Å²) < 4.78 is 56.9. The fourth-order valence-corrected chi connectivity index (χ4v) is 3.17. The van der Waals surface area contributed by atoms with Gasteiger partial charge in [-0.25, -0.2) is 13.9 Å². The molecular weight excluding hydrogens is 361 g/mol. The largest absolute Gasteiger partial charge is 0.433 e. The summed E-state index contributed by atoms with van der Waals surface area (Å²) in [7, 11) is -1.29. The van der Waals surface area contributed by atoms with Crippen LogP contribution in [0.4, 0.5) is 13.2 Å². The number of hydrogen-bond acceptors (Lipinski definition) is 5. The van der Waals surface area contributed by atoms with Crippen molar-refractivity contribution in [1.29, 1.82) is 0 Å². The molecule has 5 nitrogen and oxygen atoms in total. The second kappa shape index (κ2) is 6.85. The maximum atomic E-state index is 12.7. The van der Waals surface area contributed by atoms with Gasteiger partial charge in [-0.05, 0) is 51.4 Å². The first-order valence-corrected chi connectivity index (χ1v) is 8.96. The Morgan fingerprint density at radius 2 is 1.96 bits per heavy atom. The number of pyridine rings is 1. The van der Waals surface area contributed by atoms with Gasteiger partial charge in [0.15, 0.2) is 5.82 Å². The molecule has 0 aliphatic rings. The summed E-state index contributed by atoms with van der Waals surface area (Å²) in [4.78, 5) is 7.57. The van der Waals surface area contributed by atoms with Crippen molar-refractivity contribution in [2.75, 3.05) is 0 Å². The van der Waals surface area contributed by atoms with E-state index >= 15 is 0 Å². The average molecular weight is 378 g/mol. The third-order valence-electron chi connectivity index (χ3n) is 2.96. The monoisotopic (exact) mass is 378 g/mol. The van der Waals surface area contributed by atoms with Crippen LogP contribution in [-0.2, 0) is 17.2 Å². The SMILES string of the molecule is C[C@H](N[S@](=O)C(C)(C)C)c1nc(-c2ccnc(C(F)(F)F)c2)ns1. The van der Waals surface area contributed by atoms with Gasteiger partial charge in [0.2, 0.25) is 0 Å². The van der Waals surface area contributed by atoms with Gasteiger partial charge in [0, 0.05) is 11.8 Å². The molecule has 0 unspecified atom stereocenters. The van der Waals surface area contributed by atoms with E-state index in [-0.39, 0.29) is 17.4 Å². The van der Waals surface area contributed by atoms with Crippen molar-refractivity contribution in [2.45, 2.75) is 44.7 Å². The van der Waals surface area contributed by atoms with Crippen LogP contribution in [0.1, 0.15) is 44.4 Å². The molecule has 2 atom stereocenters. The molecule has 132 valence electrons. The van der Waals surface area contributed by atoms with Gasteiger partial charge in [-0.2, -0.15) is 17.5 Å². The summed E-state index contributed by atoms with van der Waals surface area (Å²) in [5.41, 5.74) is -0.750. The maximum absolute atomic E-state index is 12.7. The predicted molar refractivity (Wildman–Crippen MR) is 87.6 cm³/mol. The van der Waals surface area contributed by atoms with Crippen LogP contribution in [0, 0.1) is 0 Å². The number of hydrogen-bond donors (Lipinski definition) is 1. The lowest BCUT2D eigenvalue weighted by Gasteiger charge is -2.20. The van der Waals surface area contributed by atoms with Crippen LogP contribution < -0.4 is 4.72 Å². The van der Waals surface area contributed by atoms with Crippen molar-refractivity contribution < 1.29 is 17.4 Å². The zero-order chi connectivity index (χ0) is 18.1. The van der Waals surface area contributed by atoms with Gasteiger partial charge < -0.3 is 0 Å². The predicted octanol–water partition coefficient (Wildman–Crippen LogP) is 3.73. The second-order valence-corrected chi connectivity index (χ2v) is 8.89. The third kappa shape index (κ3) is 4.58. The lowest BCUT2D eigenvalue weighted by Crippen LogP contribution is -2.34. The Kier molecular flexibility index (Phi) is 5.41. The first-order valence-electron chi connectivity index (χ1n) is 7.04. The van der Waals surface area contributed by atoms with Gasteiger partial charge in [-0.15, -0.1) is 0 Å². The summed E-state index contributed by atoms with van der Waals surface area (Å²) >= 11 is 1.06. The Morgan fingerprint density at radius 1 is 1.29 bits per heavy atom. The molecule has 0 aliphatic heterocycles. The van der Waals surface area contributed by atoms with Crippen LogP contribution in [0.25, 0.3) is 11.4 Å². The Morgan fingerprint density at radius 3 is 2.54 bits per heavy atom. The zero-order valence-corrected chi connectivity index (χ0v) is 15.1. The van der Waals surface area contributed by atoms with Gasteiger partial charge in [0.25, 0.3) is 0 Å². The number of aromatic nitrogens is 3. The van der Waals surface area contributed by atoms with E-state index in [9.17, 15) is 17.4 Å². The molecule has 2 aromatic heterocycles. The Labute approximate surface area is 144 Å². The summed E-state index contributed by atoms with van der Waals surface area (Å²) in [6.07, 6.45) is -3.44. The van der Waals surface area contributed by atoms with E-state index in [0.717, 1.165) is 23.8 Å². The molecule has 0 radical (unpaired) electrons. The quantitative estimate of drug-likeness (QED) is 0.880. The average Bonchev–Trinajstić information content (AvgIpc) is 2.95. The number of nitrogens with zero attached hydrogens (tertiary/aromatic N) is 3. The van der Waals surface area contributed by atoms with Gasteiger partial charge in [-0.1, -0.05) is 0 Å². The molecule has 2 heterocycles. The minimum absolute atomic E-state index is 0.193. The van der Waals surface area contributed by atoms with E-state index in [2.05, 4.69) is 19.1 Å². The Hall–Kier alpha value is -1.39.